The van der Waals surface area contributed by atoms with Crippen LogP contribution in [0, 0.1) is 0 Å². The van der Waals surface area contributed by atoms with E-state index in [1.165, 1.54) is 27.2 Å². The standard InChI is InChI=1S/C58H36N2O2/c1-2-15-42-37(13-1)14-11-24-50(42)60(41-33-27-38(28-34-41)43-20-12-21-48-47-18-5-9-25-54(47)61-57(43)48)53-36-35-44(58-56(53)49-19-6-10-26-55(49)62-58)39-29-31-40(32-30-39)59-51-22-7-3-16-45(51)46-17-4-8-23-52(46)59/h1-36H. The van der Waals surface area contributed by atoms with Gasteiger partial charge in [0.2, 0.25) is 0 Å². The van der Waals surface area contributed by atoms with E-state index in [4.69, 9.17) is 8.83 Å². The Hall–Kier alpha value is -8.34. The van der Waals surface area contributed by atoms with E-state index < -0.39 is 0 Å². The van der Waals surface area contributed by atoms with Crippen molar-refractivity contribution < 1.29 is 8.83 Å². The number of hydrogen-bond acceptors (Lipinski definition) is 3. The van der Waals surface area contributed by atoms with Gasteiger partial charge in [-0.05, 0) is 83.2 Å². The number of benzene rings is 10. The third kappa shape index (κ3) is 5.20. The zero-order valence-electron chi connectivity index (χ0n) is 33.5. The highest BCUT2D eigenvalue weighted by molar-refractivity contribution is 6.18. The Morgan fingerprint density at radius 2 is 0.871 bits per heavy atom. The van der Waals surface area contributed by atoms with E-state index in [-0.39, 0.29) is 0 Å². The Morgan fingerprint density at radius 3 is 1.61 bits per heavy atom. The second-order valence-electron chi connectivity index (χ2n) is 16.0. The molecule has 0 N–H and O–H groups in total. The Morgan fingerprint density at radius 1 is 0.339 bits per heavy atom. The number of para-hydroxylation sites is 5. The summed E-state index contributed by atoms with van der Waals surface area (Å²) in [6.45, 7) is 0. The van der Waals surface area contributed by atoms with Crippen LogP contribution in [-0.4, -0.2) is 4.57 Å². The predicted molar refractivity (Wildman–Crippen MR) is 258 cm³/mol. The lowest BCUT2D eigenvalue weighted by Crippen LogP contribution is -2.11. The molecule has 0 spiro atoms. The molecule has 62 heavy (non-hydrogen) atoms. The zero-order chi connectivity index (χ0) is 40.7. The summed E-state index contributed by atoms with van der Waals surface area (Å²) in [5.41, 5.74) is 14.5. The molecule has 0 aliphatic carbocycles. The highest BCUT2D eigenvalue weighted by Crippen LogP contribution is 2.48. The normalized spacial score (nSPS) is 11.9. The van der Waals surface area contributed by atoms with Gasteiger partial charge in [0.1, 0.15) is 22.3 Å². The molecule has 3 aromatic heterocycles. The van der Waals surface area contributed by atoms with Crippen LogP contribution < -0.4 is 4.90 Å². The van der Waals surface area contributed by atoms with Gasteiger partial charge in [0, 0.05) is 54.8 Å². The molecular formula is C58H36N2O2. The van der Waals surface area contributed by atoms with Crippen molar-refractivity contribution >= 4 is 93.5 Å². The van der Waals surface area contributed by atoms with Gasteiger partial charge in [0.15, 0.2) is 0 Å². The summed E-state index contributed by atoms with van der Waals surface area (Å²) >= 11 is 0. The van der Waals surface area contributed by atoms with Crippen LogP contribution in [-0.2, 0) is 0 Å². The van der Waals surface area contributed by atoms with Crippen molar-refractivity contribution in [2.45, 2.75) is 0 Å². The third-order valence-electron chi connectivity index (χ3n) is 12.6. The number of rotatable bonds is 6. The van der Waals surface area contributed by atoms with Gasteiger partial charge in [0.05, 0.1) is 27.8 Å². The first kappa shape index (κ1) is 34.5. The van der Waals surface area contributed by atoms with Crippen LogP contribution in [0.15, 0.2) is 227 Å². The maximum atomic E-state index is 6.91. The molecule has 0 aliphatic rings. The molecule has 0 aliphatic heterocycles. The van der Waals surface area contributed by atoms with Crippen LogP contribution in [0.3, 0.4) is 0 Å². The molecule has 0 fully saturated rings. The molecule has 0 bridgehead atoms. The molecular weight excluding hydrogens is 757 g/mol. The van der Waals surface area contributed by atoms with Crippen molar-refractivity contribution in [1.29, 1.82) is 0 Å². The maximum Gasteiger partial charge on any atom is 0.145 e. The van der Waals surface area contributed by atoms with Crippen molar-refractivity contribution in [2.75, 3.05) is 4.90 Å². The largest absolute Gasteiger partial charge is 0.455 e. The van der Waals surface area contributed by atoms with Crippen LogP contribution in [0.1, 0.15) is 0 Å². The number of furan rings is 2. The molecule has 0 saturated carbocycles. The van der Waals surface area contributed by atoms with Crippen LogP contribution in [0.5, 0.6) is 0 Å². The van der Waals surface area contributed by atoms with E-state index in [1.807, 2.05) is 18.2 Å². The third-order valence-corrected chi connectivity index (χ3v) is 12.6. The molecule has 0 amide bonds. The van der Waals surface area contributed by atoms with Crippen molar-refractivity contribution in [1.82, 2.24) is 4.57 Å². The second kappa shape index (κ2) is 13.6. The Kier molecular flexibility index (Phi) is 7.57. The summed E-state index contributed by atoms with van der Waals surface area (Å²) < 4.78 is 15.7. The molecule has 0 radical (unpaired) electrons. The van der Waals surface area contributed by atoms with Crippen molar-refractivity contribution in [3.05, 3.63) is 218 Å². The topological polar surface area (TPSA) is 34.5 Å². The molecule has 290 valence electrons. The number of aromatic nitrogens is 1. The molecule has 13 rings (SSSR count). The van der Waals surface area contributed by atoms with Crippen LogP contribution in [0.2, 0.25) is 0 Å². The Bertz CT molecular complexity index is 3810. The first-order valence-electron chi connectivity index (χ1n) is 21.1. The lowest BCUT2D eigenvalue weighted by Gasteiger charge is -2.28. The molecule has 4 nitrogen and oxygen atoms in total. The van der Waals surface area contributed by atoms with E-state index in [1.54, 1.807) is 0 Å². The summed E-state index contributed by atoms with van der Waals surface area (Å²) in [4.78, 5) is 2.40. The van der Waals surface area contributed by atoms with E-state index in [9.17, 15) is 0 Å². The minimum absolute atomic E-state index is 0.852. The highest BCUT2D eigenvalue weighted by Gasteiger charge is 2.24. The lowest BCUT2D eigenvalue weighted by molar-refractivity contribution is 0.669. The summed E-state index contributed by atoms with van der Waals surface area (Å²) in [5.74, 6) is 0. The molecule has 0 unspecified atom stereocenters. The van der Waals surface area contributed by atoms with E-state index in [0.717, 1.165) is 94.3 Å². The molecule has 3 heterocycles. The monoisotopic (exact) mass is 792 g/mol. The van der Waals surface area contributed by atoms with E-state index in [2.05, 4.69) is 210 Å². The predicted octanol–water partition coefficient (Wildman–Crippen LogP) is 16.5. The maximum absolute atomic E-state index is 6.91. The second-order valence-corrected chi connectivity index (χ2v) is 16.0. The van der Waals surface area contributed by atoms with Crippen molar-refractivity contribution in [3.63, 3.8) is 0 Å². The fourth-order valence-electron chi connectivity index (χ4n) is 9.79. The molecule has 10 aromatic carbocycles. The minimum atomic E-state index is 0.852. The summed E-state index contributed by atoms with van der Waals surface area (Å²) in [7, 11) is 0. The number of fused-ring (bicyclic) bond motifs is 10. The summed E-state index contributed by atoms with van der Waals surface area (Å²) in [6, 6.07) is 77.8. The average Bonchev–Trinajstić information content (AvgIpc) is 4.03. The van der Waals surface area contributed by atoms with Gasteiger partial charge in [-0.25, -0.2) is 0 Å². The van der Waals surface area contributed by atoms with Gasteiger partial charge in [-0.1, -0.05) is 152 Å². The lowest BCUT2D eigenvalue weighted by atomic mass is 9.98. The van der Waals surface area contributed by atoms with Gasteiger partial charge in [-0.15, -0.1) is 0 Å². The summed E-state index contributed by atoms with van der Waals surface area (Å²) in [6.07, 6.45) is 0. The smallest absolute Gasteiger partial charge is 0.145 e. The fraction of sp³-hybridized carbons (Fsp3) is 0. The summed E-state index contributed by atoms with van der Waals surface area (Å²) in [5, 5.41) is 9.22. The van der Waals surface area contributed by atoms with Crippen molar-refractivity contribution in [3.8, 4) is 27.9 Å². The SMILES string of the molecule is c1ccc2c(N(c3ccc(-c4cccc5c4oc4ccccc45)cc3)c3ccc(-c4ccc(-n5c6ccccc6c6ccccc65)cc4)c4oc5ccccc5c34)cccc2c1. The average molecular weight is 793 g/mol. The number of hydrogen-bond donors (Lipinski definition) is 0. The Labute approximate surface area is 356 Å². The number of anilines is 3. The van der Waals surface area contributed by atoms with Gasteiger partial charge >= 0.3 is 0 Å². The number of nitrogens with zero attached hydrogens (tertiary/aromatic N) is 2. The quantitative estimate of drug-likeness (QED) is 0.168. The van der Waals surface area contributed by atoms with Gasteiger partial charge in [-0.3, -0.25) is 0 Å². The highest BCUT2D eigenvalue weighted by atomic mass is 16.3. The Balaban J connectivity index is 0.988. The molecule has 0 saturated heterocycles. The fourth-order valence-corrected chi connectivity index (χ4v) is 9.79. The van der Waals surface area contributed by atoms with Crippen LogP contribution >= 0.6 is 0 Å². The minimum Gasteiger partial charge on any atom is -0.455 e. The van der Waals surface area contributed by atoms with E-state index >= 15 is 0 Å². The van der Waals surface area contributed by atoms with Gasteiger partial charge in [0.25, 0.3) is 0 Å². The molecule has 4 heteroatoms. The first-order chi connectivity index (χ1) is 30.8. The van der Waals surface area contributed by atoms with Crippen LogP contribution in [0.25, 0.3) is 104 Å². The van der Waals surface area contributed by atoms with Gasteiger partial charge in [-0.2, -0.15) is 0 Å². The molecule has 0 atom stereocenters. The zero-order valence-corrected chi connectivity index (χ0v) is 33.5. The first-order valence-corrected chi connectivity index (χ1v) is 21.1. The van der Waals surface area contributed by atoms with Gasteiger partial charge < -0.3 is 18.3 Å². The molecule has 13 aromatic rings. The van der Waals surface area contributed by atoms with E-state index in [0.29, 0.717) is 0 Å². The van der Waals surface area contributed by atoms with Crippen LogP contribution in [0.4, 0.5) is 17.1 Å². The van der Waals surface area contributed by atoms with Crippen molar-refractivity contribution in [2.24, 2.45) is 0 Å².